The molecule has 0 unspecified atom stereocenters. The van der Waals surface area contributed by atoms with Crippen LogP contribution in [0.15, 0.2) is 10.7 Å². The lowest BCUT2D eigenvalue weighted by atomic mass is 9.98. The van der Waals surface area contributed by atoms with Gasteiger partial charge in [-0.25, -0.2) is 4.98 Å². The highest BCUT2D eigenvalue weighted by atomic mass is 79.9. The molecule has 0 aliphatic rings. The van der Waals surface area contributed by atoms with Crippen molar-refractivity contribution in [3.63, 3.8) is 0 Å². The van der Waals surface area contributed by atoms with Crippen molar-refractivity contribution in [1.82, 2.24) is 15.2 Å². The molecule has 0 fully saturated rings. The van der Waals surface area contributed by atoms with Crippen LogP contribution in [0.3, 0.4) is 0 Å². The summed E-state index contributed by atoms with van der Waals surface area (Å²) in [6.07, 6.45) is 1.58. The second-order valence-corrected chi connectivity index (χ2v) is 5.31. The van der Waals surface area contributed by atoms with Crippen LogP contribution >= 0.6 is 15.9 Å². The molecule has 1 heterocycles. The first-order chi connectivity index (χ1) is 9.51. The van der Waals surface area contributed by atoms with Crippen LogP contribution < -0.4 is 10.1 Å². The molecule has 0 aliphatic heterocycles. The van der Waals surface area contributed by atoms with Crippen LogP contribution in [0.25, 0.3) is 11.4 Å². The summed E-state index contributed by atoms with van der Waals surface area (Å²) >= 11 is 3.63. The van der Waals surface area contributed by atoms with Crippen molar-refractivity contribution in [3.8, 4) is 17.1 Å². The number of aromatic nitrogens is 3. The van der Waals surface area contributed by atoms with E-state index in [1.807, 2.05) is 13.8 Å². The molecule has 0 radical (unpaired) electrons. The molecule has 0 saturated heterocycles. The summed E-state index contributed by atoms with van der Waals surface area (Å²) in [7, 11) is 3.46. The Labute approximate surface area is 126 Å². The van der Waals surface area contributed by atoms with Gasteiger partial charge in [-0.1, -0.05) is 15.9 Å². The van der Waals surface area contributed by atoms with Gasteiger partial charge < -0.3 is 10.1 Å². The van der Waals surface area contributed by atoms with E-state index in [1.54, 1.807) is 20.4 Å². The highest BCUT2D eigenvalue weighted by Gasteiger charge is 2.20. The van der Waals surface area contributed by atoms with Gasteiger partial charge in [0.2, 0.25) is 0 Å². The zero-order chi connectivity index (χ0) is 14.9. The van der Waals surface area contributed by atoms with Crippen molar-refractivity contribution in [2.75, 3.05) is 19.5 Å². The minimum atomic E-state index is 0.551. The summed E-state index contributed by atoms with van der Waals surface area (Å²) in [6.45, 7) is 6.10. The summed E-state index contributed by atoms with van der Waals surface area (Å²) in [5, 5.41) is 11.1. The molecule has 0 bridgehead atoms. The summed E-state index contributed by atoms with van der Waals surface area (Å²) in [6, 6.07) is 0. The summed E-state index contributed by atoms with van der Waals surface area (Å²) < 4.78 is 6.62. The van der Waals surface area contributed by atoms with Crippen LogP contribution in [0.2, 0.25) is 0 Å². The van der Waals surface area contributed by atoms with Crippen molar-refractivity contribution < 1.29 is 4.74 Å². The topological polar surface area (TPSA) is 59.9 Å². The predicted octanol–water partition coefficient (Wildman–Crippen LogP) is 3.28. The molecule has 1 aromatic heterocycles. The number of halogens is 1. The third-order valence-electron chi connectivity index (χ3n) is 3.41. The van der Waals surface area contributed by atoms with Gasteiger partial charge in [0.05, 0.1) is 18.9 Å². The molecule has 0 spiro atoms. The zero-order valence-electron chi connectivity index (χ0n) is 12.2. The molecular weight excluding hydrogens is 320 g/mol. The summed E-state index contributed by atoms with van der Waals surface area (Å²) in [5.41, 5.74) is 4.13. The number of nitrogens with one attached hydrogen (secondary N) is 1. The first-order valence-corrected chi connectivity index (χ1v) is 7.01. The van der Waals surface area contributed by atoms with Gasteiger partial charge in [0.15, 0.2) is 5.82 Å². The SMILES string of the molecule is CNc1cnnc(-c2c(C)c(Br)c(C)c(C)c2OC)n1. The highest BCUT2D eigenvalue weighted by Crippen LogP contribution is 2.40. The lowest BCUT2D eigenvalue weighted by Crippen LogP contribution is -2.04. The molecule has 20 heavy (non-hydrogen) atoms. The molecule has 6 heteroatoms. The quantitative estimate of drug-likeness (QED) is 0.931. The fraction of sp³-hybridized carbons (Fsp3) is 0.357. The van der Waals surface area contributed by atoms with E-state index in [0.29, 0.717) is 11.6 Å². The molecule has 5 nitrogen and oxygen atoms in total. The first-order valence-electron chi connectivity index (χ1n) is 6.22. The maximum absolute atomic E-state index is 5.57. The molecule has 2 aromatic rings. The van der Waals surface area contributed by atoms with Gasteiger partial charge in [0.1, 0.15) is 11.6 Å². The van der Waals surface area contributed by atoms with Gasteiger partial charge in [-0.3, -0.25) is 0 Å². The van der Waals surface area contributed by atoms with E-state index >= 15 is 0 Å². The lowest BCUT2D eigenvalue weighted by molar-refractivity contribution is 0.412. The second kappa shape index (κ2) is 5.75. The standard InChI is InChI=1S/C14H17BrN4O/c1-7-8(2)13(20-5)11(9(3)12(7)15)14-18-10(16-4)6-17-19-14/h6H,1-5H3,(H,16,18,19). The third kappa shape index (κ3) is 2.35. The minimum absolute atomic E-state index is 0.551. The van der Waals surface area contributed by atoms with Gasteiger partial charge >= 0.3 is 0 Å². The van der Waals surface area contributed by atoms with Gasteiger partial charge in [0, 0.05) is 11.5 Å². The van der Waals surface area contributed by atoms with Crippen molar-refractivity contribution in [1.29, 1.82) is 0 Å². The van der Waals surface area contributed by atoms with E-state index in [1.165, 1.54) is 0 Å². The van der Waals surface area contributed by atoms with Gasteiger partial charge in [-0.2, -0.15) is 5.10 Å². The Morgan fingerprint density at radius 3 is 2.45 bits per heavy atom. The molecule has 0 atom stereocenters. The van der Waals surface area contributed by atoms with Crippen LogP contribution in [0.5, 0.6) is 5.75 Å². The number of hydrogen-bond acceptors (Lipinski definition) is 5. The van der Waals surface area contributed by atoms with E-state index in [2.05, 4.69) is 43.4 Å². The van der Waals surface area contributed by atoms with E-state index in [4.69, 9.17) is 4.74 Å². The van der Waals surface area contributed by atoms with Crippen molar-refractivity contribution in [2.45, 2.75) is 20.8 Å². The van der Waals surface area contributed by atoms with Crippen LogP contribution in [-0.2, 0) is 0 Å². The molecule has 106 valence electrons. The molecule has 0 aliphatic carbocycles. The zero-order valence-corrected chi connectivity index (χ0v) is 13.8. The number of ether oxygens (including phenoxy) is 1. The Bertz CT molecular complexity index is 658. The highest BCUT2D eigenvalue weighted by molar-refractivity contribution is 9.10. The number of anilines is 1. The molecule has 0 saturated carbocycles. The Morgan fingerprint density at radius 1 is 1.15 bits per heavy atom. The number of hydrogen-bond donors (Lipinski definition) is 1. The van der Waals surface area contributed by atoms with Crippen LogP contribution in [0, 0.1) is 20.8 Å². The number of rotatable bonds is 3. The largest absolute Gasteiger partial charge is 0.496 e. The Morgan fingerprint density at radius 2 is 1.85 bits per heavy atom. The minimum Gasteiger partial charge on any atom is -0.496 e. The summed E-state index contributed by atoms with van der Waals surface area (Å²) in [4.78, 5) is 4.46. The predicted molar refractivity (Wildman–Crippen MR) is 83.3 cm³/mol. The van der Waals surface area contributed by atoms with Crippen molar-refractivity contribution in [2.24, 2.45) is 0 Å². The van der Waals surface area contributed by atoms with Gasteiger partial charge in [0.25, 0.3) is 0 Å². The molecule has 0 amide bonds. The fourth-order valence-electron chi connectivity index (χ4n) is 2.14. The molecule has 2 rings (SSSR count). The average molecular weight is 337 g/mol. The second-order valence-electron chi connectivity index (χ2n) is 4.51. The normalized spacial score (nSPS) is 10.5. The number of nitrogens with zero attached hydrogens (tertiary/aromatic N) is 3. The molecular formula is C14H17BrN4O. The van der Waals surface area contributed by atoms with Crippen LogP contribution in [0.1, 0.15) is 16.7 Å². The van der Waals surface area contributed by atoms with Gasteiger partial charge in [-0.15, -0.1) is 5.10 Å². The fourth-order valence-corrected chi connectivity index (χ4v) is 2.63. The Balaban J connectivity index is 2.78. The van der Waals surface area contributed by atoms with Crippen LogP contribution in [-0.4, -0.2) is 29.3 Å². The van der Waals surface area contributed by atoms with Crippen molar-refractivity contribution in [3.05, 3.63) is 27.4 Å². The smallest absolute Gasteiger partial charge is 0.187 e. The maximum atomic E-state index is 5.57. The first kappa shape index (κ1) is 14.7. The Hall–Kier alpha value is -1.69. The van der Waals surface area contributed by atoms with E-state index in [0.717, 1.165) is 32.5 Å². The third-order valence-corrected chi connectivity index (χ3v) is 4.60. The van der Waals surface area contributed by atoms with E-state index in [9.17, 15) is 0 Å². The van der Waals surface area contributed by atoms with E-state index < -0.39 is 0 Å². The van der Waals surface area contributed by atoms with Crippen molar-refractivity contribution >= 4 is 21.7 Å². The molecule has 1 N–H and O–H groups in total. The Kier molecular flexibility index (Phi) is 4.23. The monoisotopic (exact) mass is 336 g/mol. The van der Waals surface area contributed by atoms with Crippen LogP contribution in [0.4, 0.5) is 5.82 Å². The number of benzene rings is 1. The average Bonchev–Trinajstić information content (AvgIpc) is 2.48. The van der Waals surface area contributed by atoms with Gasteiger partial charge in [-0.05, 0) is 37.5 Å². The molecule has 1 aromatic carbocycles. The maximum Gasteiger partial charge on any atom is 0.187 e. The summed E-state index contributed by atoms with van der Waals surface area (Å²) in [5.74, 6) is 2.01. The van der Waals surface area contributed by atoms with E-state index in [-0.39, 0.29) is 0 Å². The lowest BCUT2D eigenvalue weighted by Gasteiger charge is -2.17. The number of methoxy groups -OCH3 is 1.